The molecule has 98 valence electrons. The summed E-state index contributed by atoms with van der Waals surface area (Å²) < 4.78 is 4.61. The summed E-state index contributed by atoms with van der Waals surface area (Å²) in [6.07, 6.45) is 2.31. The average molecular weight is 249 g/mol. The number of benzene rings is 1. The van der Waals surface area contributed by atoms with Gasteiger partial charge in [0.25, 0.3) is 0 Å². The Bertz CT molecular complexity index is 448. The lowest BCUT2D eigenvalue weighted by molar-refractivity contribution is 0.0597. The molecule has 0 saturated carbocycles. The van der Waals surface area contributed by atoms with Gasteiger partial charge in [0, 0.05) is 23.8 Å². The highest BCUT2D eigenvalue weighted by Crippen LogP contribution is 2.33. The van der Waals surface area contributed by atoms with Gasteiger partial charge in [0.15, 0.2) is 0 Å². The summed E-state index contributed by atoms with van der Waals surface area (Å²) in [5.74, 6) is -0.535. The number of anilines is 1. The Morgan fingerprint density at radius 2 is 1.94 bits per heavy atom. The summed E-state index contributed by atoms with van der Waals surface area (Å²) in [5.41, 5.74) is 1.17. The van der Waals surface area contributed by atoms with Crippen molar-refractivity contribution in [2.75, 3.05) is 12.0 Å². The fraction of sp³-hybridized carbons (Fsp3) is 0.500. The molecule has 0 aliphatic carbocycles. The largest absolute Gasteiger partial charge is 0.507 e. The number of aromatic hydroxyl groups is 1. The van der Waals surface area contributed by atoms with Gasteiger partial charge in [-0.25, -0.2) is 4.79 Å². The molecular formula is C14H19NO3. The first-order chi connectivity index (χ1) is 8.54. The lowest BCUT2D eigenvalue weighted by Crippen LogP contribution is -2.32. The Balaban J connectivity index is 2.31. The predicted octanol–water partition coefficient (Wildman–Crippen LogP) is 2.56. The number of methoxy groups -OCH3 is 1. The van der Waals surface area contributed by atoms with Crippen molar-refractivity contribution in [3.8, 4) is 5.75 Å². The van der Waals surface area contributed by atoms with Crippen molar-refractivity contribution in [1.29, 1.82) is 0 Å². The first-order valence-electron chi connectivity index (χ1n) is 6.24. The second-order valence-electron chi connectivity index (χ2n) is 4.88. The zero-order valence-electron chi connectivity index (χ0n) is 11.0. The summed E-state index contributed by atoms with van der Waals surface area (Å²) in [4.78, 5) is 13.7. The van der Waals surface area contributed by atoms with Crippen molar-refractivity contribution in [3.63, 3.8) is 0 Å². The van der Waals surface area contributed by atoms with Gasteiger partial charge in [0.1, 0.15) is 11.3 Å². The molecule has 1 heterocycles. The van der Waals surface area contributed by atoms with Crippen molar-refractivity contribution in [2.45, 2.75) is 38.8 Å². The molecule has 1 aromatic rings. The van der Waals surface area contributed by atoms with Crippen LogP contribution in [0.25, 0.3) is 0 Å². The van der Waals surface area contributed by atoms with Crippen LogP contribution in [-0.2, 0) is 4.74 Å². The van der Waals surface area contributed by atoms with Gasteiger partial charge in [0.2, 0.25) is 0 Å². The van der Waals surface area contributed by atoms with Crippen LogP contribution in [0.4, 0.5) is 5.69 Å². The SMILES string of the molecule is COC(=O)c1ccc(N2C(C)CCC2C)cc1O. The first-order valence-corrected chi connectivity index (χ1v) is 6.24. The Labute approximate surface area is 107 Å². The fourth-order valence-corrected chi connectivity index (χ4v) is 2.67. The van der Waals surface area contributed by atoms with Crippen LogP contribution in [0.2, 0.25) is 0 Å². The minimum Gasteiger partial charge on any atom is -0.507 e. The van der Waals surface area contributed by atoms with Crippen LogP contribution in [0.15, 0.2) is 18.2 Å². The molecule has 18 heavy (non-hydrogen) atoms. The van der Waals surface area contributed by atoms with E-state index in [2.05, 4.69) is 23.5 Å². The van der Waals surface area contributed by atoms with Crippen molar-refractivity contribution in [3.05, 3.63) is 23.8 Å². The van der Waals surface area contributed by atoms with Crippen LogP contribution in [0.1, 0.15) is 37.0 Å². The molecule has 0 aromatic heterocycles. The molecule has 2 atom stereocenters. The maximum absolute atomic E-state index is 11.4. The molecule has 4 nitrogen and oxygen atoms in total. The third kappa shape index (κ3) is 2.15. The van der Waals surface area contributed by atoms with Crippen LogP contribution in [0.3, 0.4) is 0 Å². The maximum atomic E-state index is 11.4. The van der Waals surface area contributed by atoms with Gasteiger partial charge < -0.3 is 14.7 Å². The smallest absolute Gasteiger partial charge is 0.341 e. The van der Waals surface area contributed by atoms with Crippen molar-refractivity contribution in [1.82, 2.24) is 0 Å². The summed E-state index contributed by atoms with van der Waals surface area (Å²) in [6, 6.07) is 6.05. The van der Waals surface area contributed by atoms with E-state index in [4.69, 9.17) is 0 Å². The van der Waals surface area contributed by atoms with E-state index in [0.717, 1.165) is 18.5 Å². The predicted molar refractivity (Wildman–Crippen MR) is 70.1 cm³/mol. The molecule has 0 bridgehead atoms. The van der Waals surface area contributed by atoms with Gasteiger partial charge in [-0.05, 0) is 38.8 Å². The first kappa shape index (κ1) is 12.7. The van der Waals surface area contributed by atoms with Crippen molar-refractivity contribution >= 4 is 11.7 Å². The van der Waals surface area contributed by atoms with E-state index >= 15 is 0 Å². The molecule has 2 unspecified atom stereocenters. The summed E-state index contributed by atoms with van der Waals surface area (Å²) in [7, 11) is 1.31. The van der Waals surface area contributed by atoms with E-state index in [9.17, 15) is 9.90 Å². The molecule has 1 N–H and O–H groups in total. The van der Waals surface area contributed by atoms with Gasteiger partial charge in [0.05, 0.1) is 7.11 Å². The van der Waals surface area contributed by atoms with Crippen molar-refractivity contribution in [2.24, 2.45) is 0 Å². The maximum Gasteiger partial charge on any atom is 0.341 e. The van der Waals surface area contributed by atoms with E-state index in [1.807, 2.05) is 6.07 Å². The van der Waals surface area contributed by atoms with Gasteiger partial charge in [-0.2, -0.15) is 0 Å². The molecule has 1 fully saturated rings. The second kappa shape index (κ2) is 4.88. The Morgan fingerprint density at radius 1 is 1.33 bits per heavy atom. The molecule has 4 heteroatoms. The lowest BCUT2D eigenvalue weighted by Gasteiger charge is -2.29. The third-order valence-electron chi connectivity index (χ3n) is 3.64. The number of phenols is 1. The van der Waals surface area contributed by atoms with Gasteiger partial charge in [-0.15, -0.1) is 0 Å². The molecule has 1 aromatic carbocycles. The van der Waals surface area contributed by atoms with E-state index in [0.29, 0.717) is 12.1 Å². The third-order valence-corrected chi connectivity index (χ3v) is 3.64. The van der Waals surface area contributed by atoms with E-state index < -0.39 is 5.97 Å². The average Bonchev–Trinajstić information content (AvgIpc) is 2.68. The quantitative estimate of drug-likeness (QED) is 0.818. The molecular weight excluding hydrogens is 230 g/mol. The number of phenolic OH excluding ortho intramolecular Hbond substituents is 1. The highest BCUT2D eigenvalue weighted by atomic mass is 16.5. The number of carbonyl (C=O) groups is 1. The topological polar surface area (TPSA) is 49.8 Å². The van der Waals surface area contributed by atoms with Crippen LogP contribution in [0.5, 0.6) is 5.75 Å². The molecule has 1 saturated heterocycles. The van der Waals surface area contributed by atoms with E-state index in [-0.39, 0.29) is 11.3 Å². The molecule has 0 amide bonds. The number of nitrogens with zero attached hydrogens (tertiary/aromatic N) is 1. The monoisotopic (exact) mass is 249 g/mol. The number of esters is 1. The minimum atomic E-state index is -0.512. The zero-order chi connectivity index (χ0) is 13.3. The number of hydrogen-bond donors (Lipinski definition) is 1. The van der Waals surface area contributed by atoms with E-state index in [1.54, 1.807) is 12.1 Å². The van der Waals surface area contributed by atoms with Crippen LogP contribution < -0.4 is 4.90 Å². The highest BCUT2D eigenvalue weighted by molar-refractivity contribution is 5.93. The van der Waals surface area contributed by atoms with Crippen LogP contribution in [0, 0.1) is 0 Å². The standard InChI is InChI=1S/C14H19NO3/c1-9-4-5-10(2)15(9)11-6-7-12(13(16)8-11)14(17)18-3/h6-10,16H,4-5H2,1-3H3. The second-order valence-corrected chi connectivity index (χ2v) is 4.88. The molecule has 0 radical (unpaired) electrons. The van der Waals surface area contributed by atoms with Gasteiger partial charge >= 0.3 is 5.97 Å². The summed E-state index contributed by atoms with van der Waals surface area (Å²) >= 11 is 0. The normalized spacial score (nSPS) is 23.2. The van der Waals surface area contributed by atoms with Crippen molar-refractivity contribution < 1.29 is 14.6 Å². The Kier molecular flexibility index (Phi) is 3.45. The highest BCUT2D eigenvalue weighted by Gasteiger charge is 2.28. The Hall–Kier alpha value is -1.71. The fourth-order valence-electron chi connectivity index (χ4n) is 2.67. The lowest BCUT2D eigenvalue weighted by atomic mass is 10.1. The summed E-state index contributed by atoms with van der Waals surface area (Å²) in [6.45, 7) is 4.35. The molecule has 1 aliphatic heterocycles. The molecule has 1 aliphatic rings. The number of rotatable bonds is 2. The number of hydrogen-bond acceptors (Lipinski definition) is 4. The van der Waals surface area contributed by atoms with Gasteiger partial charge in [-0.3, -0.25) is 0 Å². The van der Waals surface area contributed by atoms with Crippen LogP contribution in [-0.4, -0.2) is 30.3 Å². The Morgan fingerprint density at radius 3 is 2.44 bits per heavy atom. The molecule has 0 spiro atoms. The molecule has 2 rings (SSSR count). The van der Waals surface area contributed by atoms with E-state index in [1.165, 1.54) is 7.11 Å². The number of ether oxygens (including phenoxy) is 1. The van der Waals surface area contributed by atoms with Crippen LogP contribution >= 0.6 is 0 Å². The minimum absolute atomic E-state index is 0.0225. The van der Waals surface area contributed by atoms with Gasteiger partial charge in [-0.1, -0.05) is 0 Å². The summed E-state index contributed by atoms with van der Waals surface area (Å²) in [5, 5.41) is 9.90. The number of carbonyl (C=O) groups excluding carboxylic acids is 1. The zero-order valence-corrected chi connectivity index (χ0v) is 11.0.